The van der Waals surface area contributed by atoms with E-state index in [1.54, 1.807) is 0 Å². The Morgan fingerprint density at radius 2 is 2.06 bits per heavy atom. The Morgan fingerprint density at radius 3 is 2.65 bits per heavy atom. The standard InChI is InChI=1S/C13H24N4/c1-4-17-13(12(14)10(2)15-17)16(3)9-11-7-5-6-8-11/h11H,4-9,14H2,1-3H3. The number of aromatic nitrogens is 2. The lowest BCUT2D eigenvalue weighted by Crippen LogP contribution is -2.27. The van der Waals surface area contributed by atoms with Crippen LogP contribution in [-0.4, -0.2) is 23.4 Å². The van der Waals surface area contributed by atoms with Gasteiger partial charge in [-0.25, -0.2) is 4.68 Å². The summed E-state index contributed by atoms with van der Waals surface area (Å²) in [5, 5.41) is 4.47. The van der Waals surface area contributed by atoms with Gasteiger partial charge in [-0.15, -0.1) is 0 Å². The minimum atomic E-state index is 0.833. The minimum Gasteiger partial charge on any atom is -0.394 e. The summed E-state index contributed by atoms with van der Waals surface area (Å²) < 4.78 is 2.01. The van der Waals surface area contributed by atoms with E-state index in [9.17, 15) is 0 Å². The van der Waals surface area contributed by atoms with E-state index in [0.717, 1.165) is 36.2 Å². The van der Waals surface area contributed by atoms with Gasteiger partial charge < -0.3 is 10.6 Å². The second-order valence-electron chi connectivity index (χ2n) is 5.17. The highest BCUT2D eigenvalue weighted by molar-refractivity contribution is 5.65. The summed E-state index contributed by atoms with van der Waals surface area (Å²) in [6, 6.07) is 0. The summed E-state index contributed by atoms with van der Waals surface area (Å²) >= 11 is 0. The molecule has 0 bridgehead atoms. The smallest absolute Gasteiger partial charge is 0.150 e. The molecule has 0 amide bonds. The maximum absolute atomic E-state index is 6.13. The summed E-state index contributed by atoms with van der Waals surface area (Å²) in [7, 11) is 2.14. The summed E-state index contributed by atoms with van der Waals surface area (Å²) in [5.74, 6) is 1.93. The van der Waals surface area contributed by atoms with Gasteiger partial charge in [0, 0.05) is 20.1 Å². The molecule has 0 aromatic carbocycles. The predicted molar refractivity (Wildman–Crippen MR) is 72.3 cm³/mol. The highest BCUT2D eigenvalue weighted by Crippen LogP contribution is 2.30. The molecule has 1 saturated carbocycles. The lowest BCUT2D eigenvalue weighted by Gasteiger charge is -2.24. The van der Waals surface area contributed by atoms with E-state index in [2.05, 4.69) is 24.0 Å². The van der Waals surface area contributed by atoms with Crippen molar-refractivity contribution < 1.29 is 0 Å². The Labute approximate surface area is 104 Å². The molecule has 0 spiro atoms. The molecule has 0 aliphatic heterocycles. The molecule has 0 radical (unpaired) electrons. The monoisotopic (exact) mass is 236 g/mol. The Balaban J connectivity index is 2.14. The van der Waals surface area contributed by atoms with Crippen molar-refractivity contribution in [3.05, 3.63) is 5.69 Å². The zero-order valence-corrected chi connectivity index (χ0v) is 11.2. The molecule has 2 N–H and O–H groups in total. The Morgan fingerprint density at radius 1 is 1.41 bits per heavy atom. The van der Waals surface area contributed by atoms with E-state index >= 15 is 0 Å². The zero-order valence-electron chi connectivity index (χ0n) is 11.2. The first-order valence-electron chi connectivity index (χ1n) is 6.67. The van der Waals surface area contributed by atoms with Crippen molar-refractivity contribution in [3.8, 4) is 0 Å². The maximum Gasteiger partial charge on any atom is 0.150 e. The van der Waals surface area contributed by atoms with E-state index in [4.69, 9.17) is 5.73 Å². The third-order valence-electron chi connectivity index (χ3n) is 3.81. The largest absolute Gasteiger partial charge is 0.394 e. The van der Waals surface area contributed by atoms with Crippen LogP contribution in [0.3, 0.4) is 0 Å². The first-order chi connectivity index (χ1) is 8.13. The van der Waals surface area contributed by atoms with Crippen molar-refractivity contribution in [1.29, 1.82) is 0 Å². The van der Waals surface area contributed by atoms with Crippen LogP contribution in [0.1, 0.15) is 38.3 Å². The lowest BCUT2D eigenvalue weighted by atomic mass is 10.1. The predicted octanol–water partition coefficient (Wildman–Crippen LogP) is 2.42. The number of nitrogens with zero attached hydrogens (tertiary/aromatic N) is 3. The molecule has 96 valence electrons. The third kappa shape index (κ3) is 2.40. The van der Waals surface area contributed by atoms with Crippen LogP contribution in [0.2, 0.25) is 0 Å². The van der Waals surface area contributed by atoms with Crippen LogP contribution in [0.15, 0.2) is 0 Å². The Bertz CT molecular complexity index is 377. The average molecular weight is 236 g/mol. The number of hydrogen-bond donors (Lipinski definition) is 1. The fourth-order valence-corrected chi connectivity index (χ4v) is 2.87. The molecule has 4 nitrogen and oxygen atoms in total. The van der Waals surface area contributed by atoms with Crippen molar-refractivity contribution >= 4 is 11.5 Å². The van der Waals surface area contributed by atoms with Crippen molar-refractivity contribution in [2.24, 2.45) is 5.92 Å². The van der Waals surface area contributed by atoms with Crippen LogP contribution >= 0.6 is 0 Å². The van der Waals surface area contributed by atoms with Gasteiger partial charge in [-0.3, -0.25) is 0 Å². The van der Waals surface area contributed by atoms with Crippen LogP contribution in [0.5, 0.6) is 0 Å². The Hall–Kier alpha value is -1.19. The van der Waals surface area contributed by atoms with Gasteiger partial charge >= 0.3 is 0 Å². The minimum absolute atomic E-state index is 0.833. The van der Waals surface area contributed by atoms with Gasteiger partial charge in [-0.2, -0.15) is 5.10 Å². The number of nitrogens with two attached hydrogens (primary N) is 1. The van der Waals surface area contributed by atoms with E-state index in [1.165, 1.54) is 25.7 Å². The van der Waals surface area contributed by atoms with Crippen LogP contribution in [0, 0.1) is 12.8 Å². The number of aryl methyl sites for hydroxylation is 2. The fraction of sp³-hybridized carbons (Fsp3) is 0.769. The molecule has 4 heteroatoms. The number of anilines is 2. The normalized spacial score (nSPS) is 16.6. The van der Waals surface area contributed by atoms with E-state index in [0.29, 0.717) is 0 Å². The van der Waals surface area contributed by atoms with Gasteiger partial charge in [0.2, 0.25) is 0 Å². The van der Waals surface area contributed by atoms with Gasteiger partial charge in [0.15, 0.2) is 0 Å². The summed E-state index contributed by atoms with van der Waals surface area (Å²) in [6.45, 7) is 6.07. The van der Waals surface area contributed by atoms with Crippen LogP contribution < -0.4 is 10.6 Å². The zero-order chi connectivity index (χ0) is 12.4. The molecule has 2 rings (SSSR count). The number of rotatable bonds is 4. The van der Waals surface area contributed by atoms with Crippen LogP contribution in [0.25, 0.3) is 0 Å². The summed E-state index contributed by atoms with van der Waals surface area (Å²) in [4.78, 5) is 2.29. The molecule has 1 aliphatic rings. The van der Waals surface area contributed by atoms with Gasteiger partial charge in [0.1, 0.15) is 5.82 Å². The van der Waals surface area contributed by atoms with E-state index in [1.807, 2.05) is 11.6 Å². The molecule has 1 fully saturated rings. The maximum atomic E-state index is 6.13. The molecular formula is C13H24N4. The lowest BCUT2D eigenvalue weighted by molar-refractivity contribution is 0.535. The van der Waals surface area contributed by atoms with Crippen molar-refractivity contribution in [2.45, 2.75) is 46.1 Å². The first kappa shape index (κ1) is 12.3. The molecule has 17 heavy (non-hydrogen) atoms. The van der Waals surface area contributed by atoms with Crippen molar-refractivity contribution in [3.63, 3.8) is 0 Å². The highest BCUT2D eigenvalue weighted by Gasteiger charge is 2.21. The van der Waals surface area contributed by atoms with Gasteiger partial charge in [0.05, 0.1) is 11.4 Å². The van der Waals surface area contributed by atoms with Gasteiger partial charge in [-0.1, -0.05) is 12.8 Å². The molecule has 0 unspecified atom stereocenters. The van der Waals surface area contributed by atoms with Crippen LogP contribution in [0.4, 0.5) is 11.5 Å². The van der Waals surface area contributed by atoms with Gasteiger partial charge in [0.25, 0.3) is 0 Å². The third-order valence-corrected chi connectivity index (χ3v) is 3.81. The second-order valence-corrected chi connectivity index (χ2v) is 5.17. The summed E-state index contributed by atoms with van der Waals surface area (Å²) in [5.41, 5.74) is 7.91. The van der Waals surface area contributed by atoms with Gasteiger partial charge in [-0.05, 0) is 32.6 Å². The molecular weight excluding hydrogens is 212 g/mol. The molecule has 0 atom stereocenters. The van der Waals surface area contributed by atoms with E-state index in [-0.39, 0.29) is 0 Å². The van der Waals surface area contributed by atoms with Crippen molar-refractivity contribution in [2.75, 3.05) is 24.2 Å². The first-order valence-corrected chi connectivity index (χ1v) is 6.67. The molecule has 0 saturated heterocycles. The highest BCUT2D eigenvalue weighted by atomic mass is 15.4. The van der Waals surface area contributed by atoms with Crippen molar-refractivity contribution in [1.82, 2.24) is 9.78 Å². The fourth-order valence-electron chi connectivity index (χ4n) is 2.87. The van der Waals surface area contributed by atoms with E-state index < -0.39 is 0 Å². The quantitative estimate of drug-likeness (QED) is 0.873. The SMILES string of the molecule is CCn1nc(C)c(N)c1N(C)CC1CCCC1. The summed E-state index contributed by atoms with van der Waals surface area (Å²) in [6.07, 6.45) is 5.51. The average Bonchev–Trinajstić information content (AvgIpc) is 2.88. The molecule has 1 aromatic rings. The number of nitrogen functional groups attached to an aromatic ring is 1. The van der Waals surface area contributed by atoms with Crippen LogP contribution in [-0.2, 0) is 6.54 Å². The topological polar surface area (TPSA) is 47.1 Å². The number of hydrogen-bond acceptors (Lipinski definition) is 3. The second kappa shape index (κ2) is 4.98. The molecule has 1 aromatic heterocycles. The molecule has 1 aliphatic carbocycles. The molecule has 1 heterocycles. The Kier molecular flexibility index (Phi) is 3.60.